The van der Waals surface area contributed by atoms with Gasteiger partial charge in [0.1, 0.15) is 11.9 Å². The maximum absolute atomic E-state index is 10.2. The van der Waals surface area contributed by atoms with E-state index in [0.29, 0.717) is 12.2 Å². The van der Waals surface area contributed by atoms with Gasteiger partial charge in [0, 0.05) is 5.69 Å². The summed E-state index contributed by atoms with van der Waals surface area (Å²) in [4.78, 5) is 7.51. The van der Waals surface area contributed by atoms with Crippen LogP contribution in [0.4, 0.5) is 0 Å². The molecular formula is C16H22N2O. The monoisotopic (exact) mass is 258 g/mol. The smallest absolute Gasteiger partial charge is 0.135 e. The predicted octanol–water partition coefficient (Wildman–Crippen LogP) is 3.31. The van der Waals surface area contributed by atoms with Crippen LogP contribution in [0.25, 0.3) is 0 Å². The van der Waals surface area contributed by atoms with E-state index in [1.165, 1.54) is 16.7 Å². The first-order valence-corrected chi connectivity index (χ1v) is 6.75. The molecule has 2 rings (SSSR count). The zero-order valence-electron chi connectivity index (χ0n) is 12.1. The Kier molecular flexibility index (Phi) is 4.05. The first-order valence-electron chi connectivity index (χ1n) is 6.75. The zero-order chi connectivity index (χ0) is 14.0. The third-order valence-electron chi connectivity index (χ3n) is 3.77. The van der Waals surface area contributed by atoms with Crippen molar-refractivity contribution in [3.05, 3.63) is 52.1 Å². The number of rotatable bonds is 4. The van der Waals surface area contributed by atoms with Gasteiger partial charge in [0.05, 0.1) is 5.69 Å². The van der Waals surface area contributed by atoms with Crippen molar-refractivity contribution < 1.29 is 5.11 Å². The first kappa shape index (κ1) is 13.8. The van der Waals surface area contributed by atoms with Gasteiger partial charge in [-0.2, -0.15) is 0 Å². The van der Waals surface area contributed by atoms with Crippen molar-refractivity contribution in [2.24, 2.45) is 0 Å². The Labute approximate surface area is 114 Å². The van der Waals surface area contributed by atoms with Crippen LogP contribution in [0.15, 0.2) is 18.2 Å². The van der Waals surface area contributed by atoms with Crippen LogP contribution in [-0.4, -0.2) is 15.1 Å². The Morgan fingerprint density at radius 2 is 1.79 bits per heavy atom. The van der Waals surface area contributed by atoms with E-state index >= 15 is 0 Å². The Hall–Kier alpha value is -1.61. The average Bonchev–Trinajstić information content (AvgIpc) is 2.69. The Morgan fingerprint density at radius 3 is 2.32 bits per heavy atom. The second-order valence-electron chi connectivity index (χ2n) is 5.26. The number of H-pyrrole nitrogens is 1. The summed E-state index contributed by atoms with van der Waals surface area (Å²) in [5.74, 6) is 0.682. The molecule has 0 aliphatic rings. The van der Waals surface area contributed by atoms with Gasteiger partial charge >= 0.3 is 0 Å². The molecule has 0 spiro atoms. The van der Waals surface area contributed by atoms with Gasteiger partial charge in [-0.05, 0) is 57.2 Å². The quantitative estimate of drug-likeness (QED) is 0.884. The lowest BCUT2D eigenvalue weighted by Crippen LogP contribution is -2.04. The van der Waals surface area contributed by atoms with Crippen molar-refractivity contribution in [1.29, 1.82) is 0 Å². The number of aliphatic hydroxyl groups excluding tert-OH is 1. The second kappa shape index (κ2) is 5.57. The molecule has 2 N–H and O–H groups in total. The van der Waals surface area contributed by atoms with Crippen LogP contribution in [0.2, 0.25) is 0 Å². The van der Waals surface area contributed by atoms with E-state index in [2.05, 4.69) is 42.0 Å². The van der Waals surface area contributed by atoms with Gasteiger partial charge in [0.25, 0.3) is 0 Å². The maximum Gasteiger partial charge on any atom is 0.135 e. The second-order valence-corrected chi connectivity index (χ2v) is 5.26. The molecule has 0 saturated heterocycles. The van der Waals surface area contributed by atoms with Crippen LogP contribution in [-0.2, 0) is 6.42 Å². The van der Waals surface area contributed by atoms with E-state index < -0.39 is 6.10 Å². The third kappa shape index (κ3) is 3.04. The SMILES string of the molecule is Cc1cccc(C)c1CCC(O)c1nc(C)c(C)[nH]1. The van der Waals surface area contributed by atoms with Gasteiger partial charge in [0.2, 0.25) is 0 Å². The van der Waals surface area contributed by atoms with Gasteiger partial charge in [-0.3, -0.25) is 0 Å². The molecule has 19 heavy (non-hydrogen) atoms. The van der Waals surface area contributed by atoms with Crippen LogP contribution in [0, 0.1) is 27.7 Å². The highest BCUT2D eigenvalue weighted by molar-refractivity contribution is 5.33. The number of hydrogen-bond acceptors (Lipinski definition) is 2. The summed E-state index contributed by atoms with van der Waals surface area (Å²) in [5.41, 5.74) is 5.90. The van der Waals surface area contributed by atoms with Crippen LogP contribution < -0.4 is 0 Å². The highest BCUT2D eigenvalue weighted by atomic mass is 16.3. The van der Waals surface area contributed by atoms with E-state index in [0.717, 1.165) is 17.8 Å². The lowest BCUT2D eigenvalue weighted by atomic mass is 9.97. The van der Waals surface area contributed by atoms with Crippen molar-refractivity contribution in [2.45, 2.75) is 46.6 Å². The first-order chi connectivity index (χ1) is 8.99. The van der Waals surface area contributed by atoms with Crippen LogP contribution in [0.3, 0.4) is 0 Å². The highest BCUT2D eigenvalue weighted by Crippen LogP contribution is 2.21. The molecule has 1 heterocycles. The summed E-state index contributed by atoms with van der Waals surface area (Å²) in [6, 6.07) is 6.32. The Balaban J connectivity index is 2.06. The molecule has 1 unspecified atom stereocenters. The van der Waals surface area contributed by atoms with E-state index in [4.69, 9.17) is 0 Å². The van der Waals surface area contributed by atoms with Crippen LogP contribution >= 0.6 is 0 Å². The van der Waals surface area contributed by atoms with Gasteiger partial charge in [-0.1, -0.05) is 18.2 Å². The molecule has 1 aromatic heterocycles. The molecule has 0 aliphatic carbocycles. The molecule has 0 saturated carbocycles. The van der Waals surface area contributed by atoms with Gasteiger partial charge in [0.15, 0.2) is 0 Å². The molecule has 0 aliphatic heterocycles. The standard InChI is InChI=1S/C16H22N2O/c1-10-6-5-7-11(2)14(10)8-9-15(19)16-17-12(3)13(4)18-16/h5-7,15,19H,8-9H2,1-4H3,(H,17,18). The number of aryl methyl sites for hydroxylation is 4. The van der Waals surface area contributed by atoms with Gasteiger partial charge in [-0.15, -0.1) is 0 Å². The molecule has 0 radical (unpaired) electrons. The summed E-state index contributed by atoms with van der Waals surface area (Å²) in [6.07, 6.45) is 1.04. The number of aliphatic hydroxyl groups is 1. The lowest BCUT2D eigenvalue weighted by molar-refractivity contribution is 0.158. The summed E-state index contributed by atoms with van der Waals surface area (Å²) in [7, 11) is 0. The van der Waals surface area contributed by atoms with Crippen molar-refractivity contribution in [3.63, 3.8) is 0 Å². The number of imidazole rings is 1. The van der Waals surface area contributed by atoms with E-state index in [1.807, 2.05) is 13.8 Å². The molecule has 3 heteroatoms. The third-order valence-corrected chi connectivity index (χ3v) is 3.77. The molecule has 102 valence electrons. The fourth-order valence-corrected chi connectivity index (χ4v) is 2.39. The average molecular weight is 258 g/mol. The number of nitrogens with zero attached hydrogens (tertiary/aromatic N) is 1. The Morgan fingerprint density at radius 1 is 1.16 bits per heavy atom. The number of aromatic nitrogens is 2. The van der Waals surface area contributed by atoms with Crippen LogP contribution in [0.1, 0.15) is 46.4 Å². The molecule has 1 atom stereocenters. The molecule has 0 amide bonds. The van der Waals surface area contributed by atoms with Crippen molar-refractivity contribution >= 4 is 0 Å². The minimum Gasteiger partial charge on any atom is -0.385 e. The molecular weight excluding hydrogens is 236 g/mol. The molecule has 0 bridgehead atoms. The molecule has 3 nitrogen and oxygen atoms in total. The fourth-order valence-electron chi connectivity index (χ4n) is 2.39. The van der Waals surface area contributed by atoms with Crippen molar-refractivity contribution in [3.8, 4) is 0 Å². The number of benzene rings is 1. The molecule has 1 aromatic carbocycles. The summed E-state index contributed by atoms with van der Waals surface area (Å²) in [6.45, 7) is 8.17. The topological polar surface area (TPSA) is 48.9 Å². The zero-order valence-corrected chi connectivity index (χ0v) is 12.1. The summed E-state index contributed by atoms with van der Waals surface area (Å²) >= 11 is 0. The normalized spacial score (nSPS) is 12.7. The number of nitrogens with one attached hydrogen (secondary N) is 1. The van der Waals surface area contributed by atoms with E-state index in [9.17, 15) is 5.11 Å². The van der Waals surface area contributed by atoms with E-state index in [1.54, 1.807) is 0 Å². The Bertz CT molecular complexity index is 532. The lowest BCUT2D eigenvalue weighted by Gasteiger charge is -2.12. The van der Waals surface area contributed by atoms with E-state index in [-0.39, 0.29) is 0 Å². The predicted molar refractivity (Wildman–Crippen MR) is 77.3 cm³/mol. The largest absolute Gasteiger partial charge is 0.385 e. The molecule has 2 aromatic rings. The van der Waals surface area contributed by atoms with Crippen LogP contribution in [0.5, 0.6) is 0 Å². The summed E-state index contributed by atoms with van der Waals surface area (Å²) < 4.78 is 0. The number of hydrogen-bond donors (Lipinski definition) is 2. The van der Waals surface area contributed by atoms with Gasteiger partial charge < -0.3 is 10.1 Å². The highest BCUT2D eigenvalue weighted by Gasteiger charge is 2.14. The minimum absolute atomic E-state index is 0.522. The fraction of sp³-hybridized carbons (Fsp3) is 0.438. The van der Waals surface area contributed by atoms with Gasteiger partial charge in [-0.25, -0.2) is 4.98 Å². The van der Waals surface area contributed by atoms with Crippen molar-refractivity contribution in [1.82, 2.24) is 9.97 Å². The number of aromatic amines is 1. The summed E-state index contributed by atoms with van der Waals surface area (Å²) in [5, 5.41) is 10.2. The molecule has 0 fully saturated rings. The maximum atomic E-state index is 10.2. The minimum atomic E-state index is -0.522. The van der Waals surface area contributed by atoms with Crippen molar-refractivity contribution in [2.75, 3.05) is 0 Å².